The molecule has 1 amide bonds. The molecule has 33 heavy (non-hydrogen) atoms. The first-order valence-corrected chi connectivity index (χ1v) is 12.3. The molecule has 3 fully saturated rings. The number of aliphatic hydroxyl groups is 1. The first-order chi connectivity index (χ1) is 15.9. The summed E-state index contributed by atoms with van der Waals surface area (Å²) in [6, 6.07) is 11.0. The van der Waals surface area contributed by atoms with Gasteiger partial charge in [-0.25, -0.2) is 4.39 Å². The molecule has 0 saturated carbocycles. The predicted octanol–water partition coefficient (Wildman–Crippen LogP) is 4.27. The van der Waals surface area contributed by atoms with Gasteiger partial charge >= 0.3 is 0 Å². The van der Waals surface area contributed by atoms with Crippen molar-refractivity contribution >= 4 is 34.8 Å². The largest absolute Gasteiger partial charge is 0.396 e. The highest BCUT2D eigenvalue weighted by molar-refractivity contribution is 6.36. The van der Waals surface area contributed by atoms with Crippen LogP contribution < -0.4 is 4.90 Å². The minimum absolute atomic E-state index is 0.0202. The second-order valence-electron chi connectivity index (χ2n) is 9.44. The van der Waals surface area contributed by atoms with Crippen LogP contribution in [0.3, 0.4) is 0 Å². The van der Waals surface area contributed by atoms with E-state index in [0.29, 0.717) is 35.6 Å². The Morgan fingerprint density at radius 2 is 1.88 bits per heavy atom. The average Bonchev–Trinajstić information content (AvgIpc) is 2.80. The zero-order valence-electron chi connectivity index (χ0n) is 18.4. The molecule has 2 atom stereocenters. The van der Waals surface area contributed by atoms with Gasteiger partial charge in [-0.15, -0.1) is 0 Å². The molecule has 3 saturated heterocycles. The molecule has 0 spiro atoms. The van der Waals surface area contributed by atoms with Crippen LogP contribution in [0.15, 0.2) is 36.4 Å². The lowest BCUT2D eigenvalue weighted by Gasteiger charge is -2.46. The molecule has 5 nitrogen and oxygen atoms in total. The summed E-state index contributed by atoms with van der Waals surface area (Å²) in [5.41, 5.74) is 2.49. The molecule has 3 aliphatic rings. The number of piperidine rings is 1. The summed E-state index contributed by atoms with van der Waals surface area (Å²) in [6.07, 6.45) is 1.97. The maximum Gasteiger partial charge on any atom is 0.255 e. The van der Waals surface area contributed by atoms with E-state index in [9.17, 15) is 14.3 Å². The number of fused-ring (bicyclic) bond motifs is 1. The van der Waals surface area contributed by atoms with Crippen molar-refractivity contribution in [3.63, 3.8) is 0 Å². The number of rotatable bonds is 4. The Morgan fingerprint density at radius 3 is 2.64 bits per heavy atom. The fourth-order valence-electron chi connectivity index (χ4n) is 5.38. The average molecular weight is 492 g/mol. The highest BCUT2D eigenvalue weighted by atomic mass is 35.5. The lowest BCUT2D eigenvalue weighted by Crippen LogP contribution is -2.57. The number of amides is 1. The van der Waals surface area contributed by atoms with Crippen LogP contribution in [0.4, 0.5) is 10.1 Å². The molecule has 3 heterocycles. The third-order valence-corrected chi connectivity index (χ3v) is 8.06. The van der Waals surface area contributed by atoms with Crippen molar-refractivity contribution in [1.82, 2.24) is 9.80 Å². The van der Waals surface area contributed by atoms with Crippen molar-refractivity contribution in [2.75, 3.05) is 50.8 Å². The zero-order valence-corrected chi connectivity index (χ0v) is 19.9. The van der Waals surface area contributed by atoms with E-state index in [-0.39, 0.29) is 29.3 Å². The highest BCUT2D eigenvalue weighted by Gasteiger charge is 2.36. The Bertz CT molecular complexity index is 1050. The van der Waals surface area contributed by atoms with E-state index in [2.05, 4.69) is 9.80 Å². The van der Waals surface area contributed by atoms with Crippen molar-refractivity contribution in [3.05, 3.63) is 63.4 Å². The van der Waals surface area contributed by atoms with Gasteiger partial charge in [-0.2, -0.15) is 0 Å². The molecule has 0 aliphatic carbocycles. The number of aliphatic hydroxyl groups excluding tert-OH is 1. The van der Waals surface area contributed by atoms with Gasteiger partial charge in [0.25, 0.3) is 5.91 Å². The Labute approximate surface area is 203 Å². The van der Waals surface area contributed by atoms with Crippen LogP contribution in [0.5, 0.6) is 0 Å². The molecule has 8 heteroatoms. The van der Waals surface area contributed by atoms with E-state index in [1.54, 1.807) is 12.1 Å². The third kappa shape index (κ3) is 4.46. The van der Waals surface area contributed by atoms with Crippen LogP contribution in [-0.4, -0.2) is 72.7 Å². The summed E-state index contributed by atoms with van der Waals surface area (Å²) in [5, 5.41) is 9.96. The van der Waals surface area contributed by atoms with Crippen molar-refractivity contribution in [2.45, 2.75) is 24.8 Å². The summed E-state index contributed by atoms with van der Waals surface area (Å²) < 4.78 is 13.5. The van der Waals surface area contributed by atoms with Crippen LogP contribution in [0.2, 0.25) is 10.0 Å². The number of hydrogen-bond acceptors (Lipinski definition) is 4. The number of halogens is 3. The molecule has 2 aromatic carbocycles. The van der Waals surface area contributed by atoms with Crippen molar-refractivity contribution in [3.8, 4) is 0 Å². The molecule has 0 radical (unpaired) electrons. The first kappa shape index (κ1) is 22.9. The van der Waals surface area contributed by atoms with Gasteiger partial charge in [0, 0.05) is 57.8 Å². The molecule has 2 aromatic rings. The van der Waals surface area contributed by atoms with Crippen molar-refractivity contribution < 1.29 is 14.3 Å². The number of nitrogens with zero attached hydrogens (tertiary/aromatic N) is 3. The smallest absolute Gasteiger partial charge is 0.255 e. The summed E-state index contributed by atoms with van der Waals surface area (Å²) in [7, 11) is 0. The van der Waals surface area contributed by atoms with Crippen molar-refractivity contribution in [1.29, 1.82) is 0 Å². The van der Waals surface area contributed by atoms with Crippen LogP contribution in [0.1, 0.15) is 34.7 Å². The monoisotopic (exact) mass is 491 g/mol. The predicted molar refractivity (Wildman–Crippen MR) is 129 cm³/mol. The molecule has 3 aliphatic heterocycles. The van der Waals surface area contributed by atoms with Gasteiger partial charge in [-0.3, -0.25) is 9.69 Å². The quantitative estimate of drug-likeness (QED) is 0.693. The van der Waals surface area contributed by atoms with E-state index in [1.807, 2.05) is 23.1 Å². The SMILES string of the molecule is O=C(c1cccc(N2CC(CO)C2)c1Cl)N1CCN2C[C@@H](c3ccc(F)c(Cl)c3)CC[C@@H]2C1. The molecule has 5 rings (SSSR count). The summed E-state index contributed by atoms with van der Waals surface area (Å²) >= 11 is 12.7. The van der Waals surface area contributed by atoms with Gasteiger partial charge in [0.1, 0.15) is 5.82 Å². The first-order valence-electron chi connectivity index (χ1n) is 11.6. The molecular weight excluding hydrogens is 464 g/mol. The molecule has 0 aromatic heterocycles. The standard InChI is InChI=1S/C25H28Cl2FN3O2/c26-21-10-17(5-7-22(21)28)18-4-6-19-14-30(9-8-29(19)13-18)25(33)20-2-1-3-23(24(20)27)31-11-16(12-31)15-32/h1-3,5,7,10,16,18-19,32H,4,6,8-9,11-15H2/t18-,19+/m0/s1. The fourth-order valence-corrected chi connectivity index (χ4v) is 5.89. The topological polar surface area (TPSA) is 47.0 Å². The van der Waals surface area contributed by atoms with Crippen LogP contribution in [0.25, 0.3) is 0 Å². The molecule has 0 bridgehead atoms. The van der Waals surface area contributed by atoms with Gasteiger partial charge in [-0.1, -0.05) is 35.3 Å². The van der Waals surface area contributed by atoms with Gasteiger partial charge < -0.3 is 14.9 Å². The number of anilines is 1. The van der Waals surface area contributed by atoms with Gasteiger partial charge in [0.05, 0.1) is 21.3 Å². The number of carbonyl (C=O) groups is 1. The van der Waals surface area contributed by atoms with Crippen LogP contribution in [0, 0.1) is 11.7 Å². The zero-order chi connectivity index (χ0) is 23.1. The third-order valence-electron chi connectivity index (χ3n) is 7.37. The maximum absolute atomic E-state index is 13.5. The fraction of sp³-hybridized carbons (Fsp3) is 0.480. The minimum Gasteiger partial charge on any atom is -0.396 e. The second-order valence-corrected chi connectivity index (χ2v) is 10.2. The maximum atomic E-state index is 13.5. The Morgan fingerprint density at radius 1 is 1.06 bits per heavy atom. The van der Waals surface area contributed by atoms with Gasteiger partial charge in [0.15, 0.2) is 0 Å². The lowest BCUT2D eigenvalue weighted by atomic mass is 9.86. The van der Waals surface area contributed by atoms with Crippen molar-refractivity contribution in [2.24, 2.45) is 5.92 Å². The van der Waals surface area contributed by atoms with E-state index in [1.165, 1.54) is 6.07 Å². The highest BCUT2D eigenvalue weighted by Crippen LogP contribution is 2.36. The number of piperazine rings is 1. The minimum atomic E-state index is -0.383. The van der Waals surface area contributed by atoms with E-state index < -0.39 is 0 Å². The Balaban J connectivity index is 1.24. The summed E-state index contributed by atoms with van der Waals surface area (Å²) in [5.74, 6) is 0.195. The summed E-state index contributed by atoms with van der Waals surface area (Å²) in [4.78, 5) is 19.8. The van der Waals surface area contributed by atoms with E-state index >= 15 is 0 Å². The Kier molecular flexibility index (Phi) is 6.54. The summed E-state index contributed by atoms with van der Waals surface area (Å²) in [6.45, 7) is 4.74. The van der Waals surface area contributed by atoms with Crippen LogP contribution in [-0.2, 0) is 0 Å². The number of hydrogen-bond donors (Lipinski definition) is 1. The van der Waals surface area contributed by atoms with Gasteiger partial charge in [0.2, 0.25) is 0 Å². The van der Waals surface area contributed by atoms with E-state index in [0.717, 1.165) is 50.3 Å². The van der Waals surface area contributed by atoms with Crippen LogP contribution >= 0.6 is 23.2 Å². The Hall–Kier alpha value is -1.86. The number of benzene rings is 2. The molecule has 176 valence electrons. The second kappa shape index (κ2) is 9.41. The van der Waals surface area contributed by atoms with Gasteiger partial charge in [-0.05, 0) is 48.6 Å². The lowest BCUT2D eigenvalue weighted by molar-refractivity contribution is 0.0329. The molecular formula is C25H28Cl2FN3O2. The molecule has 0 unspecified atom stereocenters. The van der Waals surface area contributed by atoms with E-state index in [4.69, 9.17) is 23.2 Å². The molecule has 1 N–H and O–H groups in total. The normalized spacial score (nSPS) is 23.9. The number of carbonyl (C=O) groups excluding carboxylic acids is 1.